The fraction of sp³-hybridized carbons (Fsp3) is 0.278. The van der Waals surface area contributed by atoms with Crippen molar-refractivity contribution in [3.8, 4) is 0 Å². The minimum Gasteiger partial charge on any atom is -0.354 e. The van der Waals surface area contributed by atoms with Gasteiger partial charge in [0.15, 0.2) is 0 Å². The fourth-order valence-electron chi connectivity index (χ4n) is 5.07. The molecule has 11 heteroatoms. The first-order valence-electron chi connectivity index (χ1n) is 15.2. The minimum atomic E-state index is -4.76. The number of amides is 2. The molecule has 0 bridgehead atoms. The topological polar surface area (TPSA) is 86.8 Å². The van der Waals surface area contributed by atoms with Crippen LogP contribution >= 0.6 is 0 Å². The Hall–Kier alpha value is -4.64. The van der Waals surface area contributed by atoms with Crippen LogP contribution in [-0.4, -0.2) is 44.3 Å². The van der Waals surface area contributed by atoms with Gasteiger partial charge in [-0.05, 0) is 54.3 Å². The number of hydrogen-bond acceptors (Lipinski definition) is 4. The molecule has 1 N–H and O–H groups in total. The lowest BCUT2D eigenvalue weighted by atomic mass is 10.0. The van der Waals surface area contributed by atoms with Gasteiger partial charge in [0, 0.05) is 19.5 Å². The molecule has 0 aromatic heterocycles. The number of anilines is 1. The zero-order valence-electron chi connectivity index (χ0n) is 26.4. The molecule has 0 aliphatic carbocycles. The average Bonchev–Trinajstić information content (AvgIpc) is 3.04. The molecule has 0 saturated heterocycles. The molecule has 7 nitrogen and oxygen atoms in total. The second-order valence-electron chi connectivity index (χ2n) is 11.7. The first-order valence-corrected chi connectivity index (χ1v) is 16.6. The second-order valence-corrected chi connectivity index (χ2v) is 13.6. The molecule has 0 unspecified atom stereocenters. The highest BCUT2D eigenvalue weighted by Gasteiger charge is 2.36. The average molecular weight is 666 g/mol. The Balaban J connectivity index is 1.83. The second kappa shape index (κ2) is 15.3. The molecule has 0 heterocycles. The summed E-state index contributed by atoms with van der Waals surface area (Å²) in [4.78, 5) is 29.4. The predicted octanol–water partition coefficient (Wildman–Crippen LogP) is 6.62. The molecule has 0 aliphatic rings. The maximum atomic E-state index is 14.5. The third kappa shape index (κ3) is 9.45. The summed E-state index contributed by atoms with van der Waals surface area (Å²) in [5.41, 5.74) is 0.977. The van der Waals surface area contributed by atoms with Crippen molar-refractivity contribution in [2.75, 3.05) is 17.4 Å². The summed E-state index contributed by atoms with van der Waals surface area (Å²) < 4.78 is 70.0. The number of halogens is 3. The fourth-order valence-corrected chi connectivity index (χ4v) is 6.50. The van der Waals surface area contributed by atoms with Crippen LogP contribution in [0, 0.1) is 12.8 Å². The van der Waals surface area contributed by atoms with Crippen LogP contribution in [0.2, 0.25) is 0 Å². The van der Waals surface area contributed by atoms with Crippen molar-refractivity contribution in [1.82, 2.24) is 10.2 Å². The highest BCUT2D eigenvalue weighted by molar-refractivity contribution is 7.92. The third-order valence-electron chi connectivity index (χ3n) is 7.46. The maximum Gasteiger partial charge on any atom is 0.416 e. The van der Waals surface area contributed by atoms with Crippen molar-refractivity contribution in [3.63, 3.8) is 0 Å². The quantitative estimate of drug-likeness (QED) is 0.174. The van der Waals surface area contributed by atoms with E-state index in [1.807, 2.05) is 69.3 Å². The van der Waals surface area contributed by atoms with E-state index in [2.05, 4.69) is 5.32 Å². The van der Waals surface area contributed by atoms with E-state index in [9.17, 15) is 31.2 Å². The van der Waals surface area contributed by atoms with E-state index in [0.717, 1.165) is 23.3 Å². The van der Waals surface area contributed by atoms with Crippen LogP contribution in [0.3, 0.4) is 0 Å². The smallest absolute Gasteiger partial charge is 0.354 e. The van der Waals surface area contributed by atoms with Crippen molar-refractivity contribution in [1.29, 1.82) is 0 Å². The lowest BCUT2D eigenvalue weighted by Crippen LogP contribution is -2.53. The summed E-state index contributed by atoms with van der Waals surface area (Å²) >= 11 is 0. The van der Waals surface area contributed by atoms with Crippen LogP contribution in [0.5, 0.6) is 0 Å². The summed E-state index contributed by atoms with van der Waals surface area (Å²) in [6.45, 7) is 5.19. The Morgan fingerprint density at radius 2 is 1.43 bits per heavy atom. The lowest BCUT2D eigenvalue weighted by Gasteiger charge is -2.34. The van der Waals surface area contributed by atoms with Crippen LogP contribution in [0.1, 0.15) is 36.1 Å². The molecular weight excluding hydrogens is 627 g/mol. The highest BCUT2D eigenvalue weighted by Crippen LogP contribution is 2.33. The Morgan fingerprint density at radius 1 is 0.809 bits per heavy atom. The van der Waals surface area contributed by atoms with Crippen LogP contribution in [0.25, 0.3) is 0 Å². The van der Waals surface area contributed by atoms with Crippen LogP contribution < -0.4 is 9.62 Å². The molecule has 248 valence electrons. The predicted molar refractivity (Wildman–Crippen MR) is 176 cm³/mol. The van der Waals surface area contributed by atoms with E-state index < -0.39 is 46.2 Å². The number of nitrogens with one attached hydrogen (secondary N) is 1. The summed E-state index contributed by atoms with van der Waals surface area (Å²) in [5, 5.41) is 2.91. The van der Waals surface area contributed by atoms with Crippen molar-refractivity contribution in [2.45, 2.75) is 50.9 Å². The van der Waals surface area contributed by atoms with Crippen molar-refractivity contribution < 1.29 is 31.2 Å². The number of carbonyl (C=O) groups excluding carboxylic acids is 2. The van der Waals surface area contributed by atoms with E-state index >= 15 is 0 Å². The van der Waals surface area contributed by atoms with Crippen molar-refractivity contribution in [2.24, 2.45) is 5.92 Å². The largest absolute Gasteiger partial charge is 0.416 e. The van der Waals surface area contributed by atoms with Crippen LogP contribution in [-0.2, 0) is 38.8 Å². The zero-order valence-corrected chi connectivity index (χ0v) is 27.3. The van der Waals surface area contributed by atoms with E-state index in [1.165, 1.54) is 35.2 Å². The number of hydrogen-bond donors (Lipinski definition) is 1. The summed E-state index contributed by atoms with van der Waals surface area (Å²) in [6.07, 6.45) is -4.63. The third-order valence-corrected chi connectivity index (χ3v) is 9.25. The standard InChI is InChI=1S/C36H38F3N3O4S/c1-26(2)23-40-35(44)33(21-28-13-6-4-7-14-28)41(24-29-15-10-12-27(3)20-29)34(43)25-42(47(45,46)32-18-8-5-9-19-32)31-17-11-16-30(22-31)36(37,38)39/h4-20,22,26,33H,21,23-25H2,1-3H3,(H,40,44)/t33-/m0/s1. The van der Waals surface area contributed by atoms with Gasteiger partial charge in [-0.3, -0.25) is 13.9 Å². The Morgan fingerprint density at radius 3 is 2.04 bits per heavy atom. The first kappa shape index (κ1) is 35.2. The number of sulfonamides is 1. The molecule has 47 heavy (non-hydrogen) atoms. The summed E-state index contributed by atoms with van der Waals surface area (Å²) in [6, 6.07) is 26.4. The number of alkyl halides is 3. The van der Waals surface area contributed by atoms with E-state index in [-0.39, 0.29) is 29.5 Å². The highest BCUT2D eigenvalue weighted by atomic mass is 32.2. The summed E-state index contributed by atoms with van der Waals surface area (Å²) in [7, 11) is -4.53. The number of nitrogens with zero attached hydrogens (tertiary/aromatic N) is 2. The van der Waals surface area contributed by atoms with E-state index in [0.29, 0.717) is 22.5 Å². The molecule has 2 amide bonds. The van der Waals surface area contributed by atoms with Crippen LogP contribution in [0.15, 0.2) is 114 Å². The van der Waals surface area contributed by atoms with Gasteiger partial charge in [0.1, 0.15) is 12.6 Å². The number of benzene rings is 4. The van der Waals surface area contributed by atoms with Crippen molar-refractivity contribution in [3.05, 3.63) is 131 Å². The Kier molecular flexibility index (Phi) is 11.5. The number of aryl methyl sites for hydroxylation is 1. The molecule has 4 aromatic carbocycles. The van der Waals surface area contributed by atoms with E-state index in [4.69, 9.17) is 0 Å². The number of rotatable bonds is 13. The lowest BCUT2D eigenvalue weighted by molar-refractivity contribution is -0.140. The molecule has 4 aromatic rings. The minimum absolute atomic E-state index is 0.0467. The van der Waals surface area contributed by atoms with Gasteiger partial charge < -0.3 is 10.2 Å². The molecular formula is C36H38F3N3O4S. The Bertz CT molecular complexity index is 1770. The first-order chi connectivity index (χ1) is 22.3. The zero-order chi connectivity index (χ0) is 34.2. The molecule has 1 atom stereocenters. The maximum absolute atomic E-state index is 14.5. The van der Waals surface area contributed by atoms with Gasteiger partial charge >= 0.3 is 6.18 Å². The van der Waals surface area contributed by atoms with Gasteiger partial charge in [-0.15, -0.1) is 0 Å². The molecule has 0 aliphatic heterocycles. The molecule has 0 fully saturated rings. The normalized spacial score (nSPS) is 12.4. The van der Waals surface area contributed by atoms with Gasteiger partial charge in [-0.2, -0.15) is 13.2 Å². The monoisotopic (exact) mass is 665 g/mol. The van der Waals surface area contributed by atoms with E-state index in [1.54, 1.807) is 12.1 Å². The molecule has 0 radical (unpaired) electrons. The van der Waals surface area contributed by atoms with Gasteiger partial charge in [0.25, 0.3) is 10.0 Å². The summed E-state index contributed by atoms with van der Waals surface area (Å²) in [5.74, 6) is -1.08. The van der Waals surface area contributed by atoms with Gasteiger partial charge in [-0.1, -0.05) is 98.3 Å². The Labute approximate surface area is 274 Å². The van der Waals surface area contributed by atoms with Gasteiger partial charge in [0.05, 0.1) is 16.1 Å². The van der Waals surface area contributed by atoms with Crippen LogP contribution in [0.4, 0.5) is 18.9 Å². The number of carbonyl (C=O) groups is 2. The van der Waals surface area contributed by atoms with Crippen molar-refractivity contribution >= 4 is 27.5 Å². The molecule has 0 saturated carbocycles. The van der Waals surface area contributed by atoms with Gasteiger partial charge in [0.2, 0.25) is 11.8 Å². The van der Waals surface area contributed by atoms with Gasteiger partial charge in [-0.25, -0.2) is 8.42 Å². The molecule has 0 spiro atoms. The molecule has 4 rings (SSSR count). The SMILES string of the molecule is Cc1cccc(CN(C(=O)CN(c2cccc(C(F)(F)F)c2)S(=O)(=O)c2ccccc2)[C@@H](Cc2ccccc2)C(=O)NCC(C)C)c1.